The topological polar surface area (TPSA) is 68.2 Å². The van der Waals surface area contributed by atoms with E-state index in [9.17, 15) is 4.79 Å². The summed E-state index contributed by atoms with van der Waals surface area (Å²) in [5.74, 6) is 1.54. The number of carbonyl (C=O) groups is 1. The minimum atomic E-state index is -0.783. The van der Waals surface area contributed by atoms with Crippen molar-refractivity contribution in [1.82, 2.24) is 4.90 Å². The van der Waals surface area contributed by atoms with E-state index in [4.69, 9.17) is 19.3 Å². The number of aliphatic carboxylic acids is 1. The van der Waals surface area contributed by atoms with Crippen molar-refractivity contribution in [2.45, 2.75) is 31.7 Å². The zero-order valence-electron chi connectivity index (χ0n) is 20.4. The van der Waals surface area contributed by atoms with Gasteiger partial charge in [0.15, 0.2) is 11.5 Å². The van der Waals surface area contributed by atoms with Gasteiger partial charge in [0.1, 0.15) is 12.4 Å². The Morgan fingerprint density at radius 1 is 0.971 bits per heavy atom. The van der Waals surface area contributed by atoms with Crippen LogP contribution in [0.3, 0.4) is 0 Å². The number of methoxy groups -OCH3 is 2. The van der Waals surface area contributed by atoms with E-state index in [1.165, 1.54) is 16.7 Å². The maximum Gasteiger partial charge on any atom is 0.303 e. The summed E-state index contributed by atoms with van der Waals surface area (Å²) in [5, 5.41) is 8.86. The molecule has 35 heavy (non-hydrogen) atoms. The molecule has 6 heteroatoms. The maximum absolute atomic E-state index is 10.8. The Balaban J connectivity index is 1.46. The van der Waals surface area contributed by atoms with Crippen molar-refractivity contribution >= 4 is 5.97 Å². The van der Waals surface area contributed by atoms with Crippen LogP contribution in [-0.2, 0) is 24.1 Å². The van der Waals surface area contributed by atoms with Crippen LogP contribution >= 0.6 is 0 Å². The number of carboxylic acids is 1. The highest BCUT2D eigenvalue weighted by molar-refractivity contribution is 5.67. The molecule has 1 heterocycles. The lowest BCUT2D eigenvalue weighted by atomic mass is 9.88. The normalized spacial score (nSPS) is 15.3. The molecule has 6 nitrogen and oxygen atoms in total. The van der Waals surface area contributed by atoms with Crippen LogP contribution in [0.4, 0.5) is 0 Å². The van der Waals surface area contributed by atoms with Crippen LogP contribution < -0.4 is 14.2 Å². The molecule has 1 aliphatic rings. The number of hydrogen-bond acceptors (Lipinski definition) is 5. The lowest BCUT2D eigenvalue weighted by molar-refractivity contribution is -0.136. The first kappa shape index (κ1) is 24.6. The fraction of sp³-hybridized carbons (Fsp3) is 0.345. The van der Waals surface area contributed by atoms with Gasteiger partial charge in [0.25, 0.3) is 0 Å². The number of fused-ring (bicyclic) bond motifs is 1. The average Bonchev–Trinajstić information content (AvgIpc) is 2.89. The van der Waals surface area contributed by atoms with E-state index in [0.29, 0.717) is 13.0 Å². The molecule has 0 aromatic heterocycles. The van der Waals surface area contributed by atoms with Gasteiger partial charge in [-0.25, -0.2) is 0 Å². The van der Waals surface area contributed by atoms with E-state index in [0.717, 1.165) is 48.7 Å². The summed E-state index contributed by atoms with van der Waals surface area (Å²) >= 11 is 0. The molecule has 184 valence electrons. The second-order valence-corrected chi connectivity index (χ2v) is 8.78. The Kier molecular flexibility index (Phi) is 8.27. The molecule has 0 bridgehead atoms. The Morgan fingerprint density at radius 2 is 1.69 bits per heavy atom. The van der Waals surface area contributed by atoms with Crippen LogP contribution in [0, 0.1) is 0 Å². The maximum atomic E-state index is 10.8. The van der Waals surface area contributed by atoms with Crippen LogP contribution in [0.25, 0.3) is 0 Å². The Bertz CT molecular complexity index is 1110. The van der Waals surface area contributed by atoms with Crippen LogP contribution in [0.1, 0.15) is 34.7 Å². The molecule has 3 aromatic carbocycles. The van der Waals surface area contributed by atoms with Gasteiger partial charge in [0.05, 0.1) is 14.2 Å². The third-order valence-electron chi connectivity index (χ3n) is 6.58. The fourth-order valence-corrected chi connectivity index (χ4v) is 4.71. The van der Waals surface area contributed by atoms with Gasteiger partial charge < -0.3 is 19.3 Å². The highest BCUT2D eigenvalue weighted by Crippen LogP contribution is 2.39. The summed E-state index contributed by atoms with van der Waals surface area (Å²) in [7, 11) is 3.36. The molecule has 0 amide bonds. The molecule has 0 radical (unpaired) electrons. The molecular weight excluding hydrogens is 442 g/mol. The summed E-state index contributed by atoms with van der Waals surface area (Å²) in [4.78, 5) is 13.3. The number of rotatable bonds is 11. The van der Waals surface area contributed by atoms with Gasteiger partial charge in [-0.15, -0.1) is 0 Å². The van der Waals surface area contributed by atoms with E-state index in [1.54, 1.807) is 14.2 Å². The predicted octanol–water partition coefficient (Wildman–Crippen LogP) is 4.94. The fourth-order valence-electron chi connectivity index (χ4n) is 4.71. The van der Waals surface area contributed by atoms with Gasteiger partial charge in [-0.3, -0.25) is 9.69 Å². The van der Waals surface area contributed by atoms with Crippen molar-refractivity contribution in [3.8, 4) is 17.2 Å². The van der Waals surface area contributed by atoms with E-state index in [-0.39, 0.29) is 12.5 Å². The summed E-state index contributed by atoms with van der Waals surface area (Å²) in [6, 6.07) is 22.7. The summed E-state index contributed by atoms with van der Waals surface area (Å²) < 4.78 is 17.2. The van der Waals surface area contributed by atoms with Gasteiger partial charge in [0.2, 0.25) is 0 Å². The first-order valence-corrected chi connectivity index (χ1v) is 12.0. The molecule has 0 fully saturated rings. The quantitative estimate of drug-likeness (QED) is 0.424. The SMILES string of the molecule is COc1cc2c(cc1OC)C(Cc1ccccc1)N(CCOc1ccc(CCC(=O)O)cc1)CC2. The molecule has 4 rings (SSSR count). The third kappa shape index (κ3) is 6.34. The molecule has 0 saturated carbocycles. The summed E-state index contributed by atoms with van der Waals surface area (Å²) in [5.41, 5.74) is 4.88. The van der Waals surface area contributed by atoms with E-state index in [2.05, 4.69) is 41.3 Å². The standard InChI is InChI=1S/C29H33NO5/c1-33-27-19-23-14-15-30(16-17-35-24-11-8-21(9-12-24)10-13-29(31)32)26(25(23)20-28(27)34-2)18-22-6-4-3-5-7-22/h3-9,11-12,19-20,26H,10,13-18H2,1-2H3,(H,31,32). The zero-order valence-corrected chi connectivity index (χ0v) is 20.4. The monoisotopic (exact) mass is 475 g/mol. The van der Waals surface area contributed by atoms with Gasteiger partial charge >= 0.3 is 5.97 Å². The minimum Gasteiger partial charge on any atom is -0.493 e. The smallest absolute Gasteiger partial charge is 0.303 e. The summed E-state index contributed by atoms with van der Waals surface area (Å²) in [6.07, 6.45) is 2.51. The molecular formula is C29H33NO5. The molecule has 0 saturated heterocycles. The van der Waals surface area contributed by atoms with E-state index >= 15 is 0 Å². The number of carboxylic acid groups (broad SMARTS) is 1. The number of benzene rings is 3. The number of nitrogens with zero attached hydrogens (tertiary/aromatic N) is 1. The van der Waals surface area contributed by atoms with Gasteiger partial charge in [0, 0.05) is 25.6 Å². The van der Waals surface area contributed by atoms with Crippen molar-refractivity contribution in [1.29, 1.82) is 0 Å². The third-order valence-corrected chi connectivity index (χ3v) is 6.58. The van der Waals surface area contributed by atoms with E-state index < -0.39 is 5.97 Å². The molecule has 3 aromatic rings. The van der Waals surface area contributed by atoms with Gasteiger partial charge in [-0.2, -0.15) is 0 Å². The Hall–Kier alpha value is -3.51. The minimum absolute atomic E-state index is 0.135. The van der Waals surface area contributed by atoms with Crippen molar-refractivity contribution in [2.24, 2.45) is 0 Å². The largest absolute Gasteiger partial charge is 0.493 e. The molecule has 1 aliphatic heterocycles. The Morgan fingerprint density at radius 3 is 2.37 bits per heavy atom. The highest BCUT2D eigenvalue weighted by atomic mass is 16.5. The number of hydrogen-bond donors (Lipinski definition) is 1. The lowest BCUT2D eigenvalue weighted by Crippen LogP contribution is -2.39. The van der Waals surface area contributed by atoms with Crippen molar-refractivity contribution in [2.75, 3.05) is 33.9 Å². The lowest BCUT2D eigenvalue weighted by Gasteiger charge is -2.38. The molecule has 0 aliphatic carbocycles. The first-order chi connectivity index (χ1) is 17.1. The van der Waals surface area contributed by atoms with Crippen LogP contribution in [0.2, 0.25) is 0 Å². The first-order valence-electron chi connectivity index (χ1n) is 12.0. The van der Waals surface area contributed by atoms with Crippen molar-refractivity contribution < 1.29 is 24.1 Å². The Labute approximate surface area is 207 Å². The zero-order chi connectivity index (χ0) is 24.6. The molecule has 0 spiro atoms. The number of aryl methyl sites for hydroxylation is 1. The second kappa shape index (κ2) is 11.8. The van der Waals surface area contributed by atoms with E-state index in [1.807, 2.05) is 30.3 Å². The molecule has 1 N–H and O–H groups in total. The van der Waals surface area contributed by atoms with Crippen molar-refractivity contribution in [3.63, 3.8) is 0 Å². The summed E-state index contributed by atoms with van der Waals surface area (Å²) in [6.45, 7) is 2.31. The molecule has 1 atom stereocenters. The molecule has 1 unspecified atom stereocenters. The van der Waals surface area contributed by atoms with Crippen LogP contribution in [0.15, 0.2) is 66.7 Å². The van der Waals surface area contributed by atoms with Crippen molar-refractivity contribution in [3.05, 3.63) is 89.0 Å². The number of ether oxygens (including phenoxy) is 3. The van der Waals surface area contributed by atoms with Gasteiger partial charge in [-0.05, 0) is 65.8 Å². The predicted molar refractivity (Wildman–Crippen MR) is 136 cm³/mol. The highest BCUT2D eigenvalue weighted by Gasteiger charge is 2.29. The second-order valence-electron chi connectivity index (χ2n) is 8.78. The van der Waals surface area contributed by atoms with Gasteiger partial charge in [-0.1, -0.05) is 42.5 Å². The van der Waals surface area contributed by atoms with Crippen LogP contribution in [0.5, 0.6) is 17.2 Å². The van der Waals surface area contributed by atoms with Crippen LogP contribution in [-0.4, -0.2) is 49.9 Å². The average molecular weight is 476 g/mol.